The summed E-state index contributed by atoms with van der Waals surface area (Å²) in [5.41, 5.74) is 3.38. The van der Waals surface area contributed by atoms with Crippen LogP contribution in [0, 0.1) is 0 Å². The van der Waals surface area contributed by atoms with Gasteiger partial charge in [-0.1, -0.05) is 60.7 Å². The molecular formula is C14H14NP. The summed E-state index contributed by atoms with van der Waals surface area (Å²) >= 11 is 0. The van der Waals surface area contributed by atoms with E-state index in [0.29, 0.717) is 0 Å². The van der Waals surface area contributed by atoms with Crippen LogP contribution in [0.1, 0.15) is 11.1 Å². The lowest BCUT2D eigenvalue weighted by atomic mass is 10.0. The van der Waals surface area contributed by atoms with Crippen LogP contribution >= 0.6 is 9.24 Å². The highest BCUT2D eigenvalue weighted by Crippen LogP contribution is 2.11. The van der Waals surface area contributed by atoms with Crippen LogP contribution in [0.2, 0.25) is 0 Å². The molecule has 0 spiro atoms. The summed E-state index contributed by atoms with van der Waals surface area (Å²) in [6.07, 6.45) is 0.721. The van der Waals surface area contributed by atoms with E-state index in [9.17, 15) is 0 Å². The molecule has 0 saturated heterocycles. The third kappa shape index (κ3) is 2.56. The second kappa shape index (κ2) is 5.58. The van der Waals surface area contributed by atoms with Crippen molar-refractivity contribution in [3.8, 4) is 0 Å². The van der Waals surface area contributed by atoms with Crippen molar-refractivity contribution in [1.82, 2.24) is 0 Å². The van der Waals surface area contributed by atoms with Crippen molar-refractivity contribution in [2.45, 2.75) is 0 Å². The number of rotatable bonds is 3. The van der Waals surface area contributed by atoms with Crippen molar-refractivity contribution in [1.29, 1.82) is 0 Å². The minimum Gasteiger partial charge on any atom is -0.280 e. The van der Waals surface area contributed by atoms with Gasteiger partial charge in [0.2, 0.25) is 0 Å². The van der Waals surface area contributed by atoms with Crippen LogP contribution in [0.15, 0.2) is 65.7 Å². The second-order valence-electron chi connectivity index (χ2n) is 3.42. The summed E-state index contributed by atoms with van der Waals surface area (Å²) in [6, 6.07) is 20.6. The highest BCUT2D eigenvalue weighted by atomic mass is 31.0. The van der Waals surface area contributed by atoms with Gasteiger partial charge in [0.1, 0.15) is 0 Å². The van der Waals surface area contributed by atoms with E-state index in [4.69, 9.17) is 0 Å². The Hall–Kier alpha value is -1.46. The quantitative estimate of drug-likeness (QED) is 0.563. The standard InChI is InChI=1S/C14H14NP/c16-11-15-14(12-7-3-1-4-8-12)13-9-5-2-6-10-13/h1-10H,11,16H2. The first kappa shape index (κ1) is 11.0. The molecule has 0 aliphatic rings. The first-order valence-electron chi connectivity index (χ1n) is 5.27. The minimum atomic E-state index is 0.721. The fraction of sp³-hybridized carbons (Fsp3) is 0.0714. The van der Waals surface area contributed by atoms with Crippen LogP contribution in [0.4, 0.5) is 0 Å². The number of hydrogen-bond acceptors (Lipinski definition) is 1. The Balaban J connectivity index is 2.44. The summed E-state index contributed by atoms with van der Waals surface area (Å²) in [5.74, 6) is 0. The molecule has 0 saturated carbocycles. The molecule has 2 rings (SSSR count). The molecule has 0 aliphatic carbocycles. The molecule has 2 heteroatoms. The lowest BCUT2D eigenvalue weighted by Gasteiger charge is -2.06. The fourth-order valence-corrected chi connectivity index (χ4v) is 1.82. The van der Waals surface area contributed by atoms with E-state index in [1.54, 1.807) is 0 Å². The first-order valence-corrected chi connectivity index (χ1v) is 6.09. The van der Waals surface area contributed by atoms with Crippen LogP contribution in [0.3, 0.4) is 0 Å². The molecule has 2 aromatic rings. The molecule has 0 N–H and O–H groups in total. The largest absolute Gasteiger partial charge is 0.280 e. The summed E-state index contributed by atoms with van der Waals surface area (Å²) in [4.78, 5) is 4.54. The summed E-state index contributed by atoms with van der Waals surface area (Å²) in [6.45, 7) is 0. The normalized spacial score (nSPS) is 9.81. The molecule has 1 nitrogen and oxygen atoms in total. The van der Waals surface area contributed by atoms with Crippen LogP contribution in [0.5, 0.6) is 0 Å². The van der Waals surface area contributed by atoms with Gasteiger partial charge < -0.3 is 0 Å². The number of benzene rings is 2. The average Bonchev–Trinajstić information content (AvgIpc) is 2.38. The minimum absolute atomic E-state index is 0.721. The van der Waals surface area contributed by atoms with Crippen molar-refractivity contribution >= 4 is 15.0 Å². The van der Waals surface area contributed by atoms with Gasteiger partial charge in [0.25, 0.3) is 0 Å². The molecule has 0 fully saturated rings. The molecule has 1 atom stereocenters. The van der Waals surface area contributed by atoms with Crippen molar-refractivity contribution < 1.29 is 0 Å². The van der Waals surface area contributed by atoms with E-state index in [1.807, 2.05) is 36.4 Å². The average molecular weight is 227 g/mol. The van der Waals surface area contributed by atoms with E-state index >= 15 is 0 Å². The summed E-state index contributed by atoms with van der Waals surface area (Å²) < 4.78 is 0. The smallest absolute Gasteiger partial charge is 0.0723 e. The van der Waals surface area contributed by atoms with E-state index in [1.165, 1.54) is 0 Å². The molecule has 80 valence electrons. The lowest BCUT2D eigenvalue weighted by Crippen LogP contribution is -2.03. The zero-order chi connectivity index (χ0) is 11.2. The van der Waals surface area contributed by atoms with Crippen LogP contribution in [0.25, 0.3) is 0 Å². The van der Waals surface area contributed by atoms with Gasteiger partial charge in [0.05, 0.1) is 12.0 Å². The molecule has 0 radical (unpaired) electrons. The topological polar surface area (TPSA) is 12.4 Å². The van der Waals surface area contributed by atoms with E-state index in [0.717, 1.165) is 23.1 Å². The molecule has 0 bridgehead atoms. The zero-order valence-corrected chi connectivity index (χ0v) is 10.2. The molecule has 0 amide bonds. The highest BCUT2D eigenvalue weighted by molar-refractivity contribution is 7.16. The highest BCUT2D eigenvalue weighted by Gasteiger charge is 2.04. The Bertz CT molecular complexity index is 421. The third-order valence-electron chi connectivity index (χ3n) is 2.34. The lowest BCUT2D eigenvalue weighted by molar-refractivity contribution is 1.36. The number of nitrogens with zero attached hydrogens (tertiary/aromatic N) is 1. The van der Waals surface area contributed by atoms with Crippen LogP contribution < -0.4 is 0 Å². The number of aliphatic imine (C=N–C) groups is 1. The predicted molar refractivity (Wildman–Crippen MR) is 73.1 cm³/mol. The van der Waals surface area contributed by atoms with Gasteiger partial charge in [-0.3, -0.25) is 4.99 Å². The van der Waals surface area contributed by atoms with Gasteiger partial charge in [-0.05, 0) is 0 Å². The third-order valence-corrected chi connectivity index (χ3v) is 2.53. The maximum absolute atomic E-state index is 4.54. The van der Waals surface area contributed by atoms with E-state index in [-0.39, 0.29) is 0 Å². The molecular weight excluding hydrogens is 213 g/mol. The van der Waals surface area contributed by atoms with Crippen molar-refractivity contribution in [3.63, 3.8) is 0 Å². The molecule has 16 heavy (non-hydrogen) atoms. The zero-order valence-electron chi connectivity index (χ0n) is 9.01. The summed E-state index contributed by atoms with van der Waals surface area (Å²) in [7, 11) is 2.64. The van der Waals surface area contributed by atoms with E-state index < -0.39 is 0 Å². The molecule has 0 heterocycles. The Morgan fingerprint density at radius 2 is 1.25 bits per heavy atom. The monoisotopic (exact) mass is 227 g/mol. The molecule has 0 aromatic heterocycles. The Labute approximate surface area is 98.4 Å². The van der Waals surface area contributed by atoms with Crippen molar-refractivity contribution in [3.05, 3.63) is 71.8 Å². The van der Waals surface area contributed by atoms with Crippen molar-refractivity contribution in [2.24, 2.45) is 4.99 Å². The SMILES string of the molecule is PCN=C(c1ccccc1)c1ccccc1. The predicted octanol–water partition coefficient (Wildman–Crippen LogP) is 3.36. The van der Waals surface area contributed by atoms with Gasteiger partial charge in [0, 0.05) is 11.1 Å². The van der Waals surface area contributed by atoms with Gasteiger partial charge in [-0.25, -0.2) is 0 Å². The van der Waals surface area contributed by atoms with E-state index in [2.05, 4.69) is 38.5 Å². The first-order chi connectivity index (χ1) is 7.92. The van der Waals surface area contributed by atoms with Gasteiger partial charge in [-0.2, -0.15) is 0 Å². The second-order valence-corrected chi connectivity index (χ2v) is 3.79. The van der Waals surface area contributed by atoms with Gasteiger partial charge in [-0.15, -0.1) is 9.24 Å². The van der Waals surface area contributed by atoms with Gasteiger partial charge in [0.15, 0.2) is 0 Å². The fourth-order valence-electron chi connectivity index (χ4n) is 1.63. The molecule has 1 unspecified atom stereocenters. The number of hydrogen-bond donors (Lipinski definition) is 0. The Morgan fingerprint density at radius 3 is 1.62 bits per heavy atom. The molecule has 2 aromatic carbocycles. The molecule has 0 aliphatic heterocycles. The summed E-state index contributed by atoms with van der Waals surface area (Å²) in [5, 5.41) is 0. The Kier molecular flexibility index (Phi) is 3.85. The van der Waals surface area contributed by atoms with Crippen LogP contribution in [-0.2, 0) is 0 Å². The van der Waals surface area contributed by atoms with Crippen molar-refractivity contribution in [2.75, 3.05) is 6.29 Å². The maximum atomic E-state index is 4.54. The maximum Gasteiger partial charge on any atom is 0.0723 e. The Morgan fingerprint density at radius 1 is 0.812 bits per heavy atom. The van der Waals surface area contributed by atoms with Crippen LogP contribution in [-0.4, -0.2) is 12.0 Å². The van der Waals surface area contributed by atoms with Gasteiger partial charge >= 0.3 is 0 Å².